The number of thioether (sulfide) groups is 1. The van der Waals surface area contributed by atoms with Crippen LogP contribution in [0.5, 0.6) is 0 Å². The molecule has 5 rings (SSSR count). The minimum atomic E-state index is 0.240. The second-order valence-corrected chi connectivity index (χ2v) is 9.92. The highest BCUT2D eigenvalue weighted by Gasteiger charge is 2.26. The molecular formula is C23H28ClN5OS. The lowest BCUT2D eigenvalue weighted by atomic mass is 10.00. The first kappa shape index (κ1) is 21.0. The van der Waals surface area contributed by atoms with Crippen molar-refractivity contribution in [1.29, 1.82) is 0 Å². The van der Waals surface area contributed by atoms with Crippen molar-refractivity contribution in [3.63, 3.8) is 0 Å². The van der Waals surface area contributed by atoms with Gasteiger partial charge in [0.1, 0.15) is 5.15 Å². The standard InChI is InChI=1S/C23H28ClN5OS/c1-16-8-10-28(11-9-16)22-26-27-23(29(22)14-19-6-4-12-30-19)31-15-18-13-17-5-2-3-7-20(17)25-21(18)24/h2-3,5,7,13,16,19H,4,6,8-12,14-15H2,1H3. The van der Waals surface area contributed by atoms with Crippen molar-refractivity contribution in [3.8, 4) is 0 Å². The number of hydrogen-bond donors (Lipinski definition) is 0. The van der Waals surface area contributed by atoms with Crippen LogP contribution in [0.3, 0.4) is 0 Å². The summed E-state index contributed by atoms with van der Waals surface area (Å²) in [4.78, 5) is 6.95. The van der Waals surface area contributed by atoms with Gasteiger partial charge in [-0.1, -0.05) is 48.5 Å². The predicted molar refractivity (Wildman–Crippen MR) is 126 cm³/mol. The maximum atomic E-state index is 6.49. The third kappa shape index (κ3) is 4.69. The van der Waals surface area contributed by atoms with Crippen molar-refractivity contribution in [2.75, 3.05) is 24.6 Å². The van der Waals surface area contributed by atoms with Gasteiger partial charge in [0, 0.05) is 36.4 Å². The SMILES string of the molecule is CC1CCN(c2nnc(SCc3cc4ccccc4nc3Cl)n2CC2CCCO2)CC1. The Kier molecular flexibility index (Phi) is 6.34. The summed E-state index contributed by atoms with van der Waals surface area (Å²) in [6, 6.07) is 10.2. The van der Waals surface area contributed by atoms with Crippen LogP contribution in [0.25, 0.3) is 10.9 Å². The lowest BCUT2D eigenvalue weighted by Gasteiger charge is -2.31. The molecule has 6 nitrogen and oxygen atoms in total. The van der Waals surface area contributed by atoms with Crippen molar-refractivity contribution < 1.29 is 4.74 Å². The van der Waals surface area contributed by atoms with Crippen LogP contribution in [0.1, 0.15) is 38.2 Å². The fourth-order valence-electron chi connectivity index (χ4n) is 4.36. The largest absolute Gasteiger partial charge is 0.376 e. The van der Waals surface area contributed by atoms with E-state index < -0.39 is 0 Å². The second kappa shape index (κ2) is 9.35. The van der Waals surface area contributed by atoms with Crippen LogP contribution in [0.15, 0.2) is 35.5 Å². The highest BCUT2D eigenvalue weighted by molar-refractivity contribution is 7.98. The Morgan fingerprint density at radius 2 is 2.00 bits per heavy atom. The molecule has 0 N–H and O–H groups in total. The van der Waals surface area contributed by atoms with Crippen LogP contribution in [-0.4, -0.2) is 45.5 Å². The maximum absolute atomic E-state index is 6.49. The monoisotopic (exact) mass is 457 g/mol. The third-order valence-corrected chi connectivity index (χ3v) is 7.62. The average Bonchev–Trinajstić information content (AvgIpc) is 3.43. The first-order chi connectivity index (χ1) is 15.2. The van der Waals surface area contributed by atoms with Gasteiger partial charge in [-0.25, -0.2) is 4.98 Å². The van der Waals surface area contributed by atoms with Gasteiger partial charge in [0.05, 0.1) is 18.2 Å². The fraction of sp³-hybridized carbons (Fsp3) is 0.522. The third-order valence-electron chi connectivity index (χ3n) is 6.28. The highest BCUT2D eigenvalue weighted by atomic mass is 35.5. The van der Waals surface area contributed by atoms with Gasteiger partial charge in [0.25, 0.3) is 0 Å². The number of benzene rings is 1. The second-order valence-electron chi connectivity index (χ2n) is 8.62. The number of ether oxygens (including phenoxy) is 1. The van der Waals surface area contributed by atoms with Gasteiger partial charge >= 0.3 is 0 Å². The molecule has 2 aromatic heterocycles. The molecule has 2 aliphatic heterocycles. The fourth-order valence-corrected chi connectivity index (χ4v) is 5.57. The van der Waals surface area contributed by atoms with Crippen LogP contribution >= 0.6 is 23.4 Å². The molecule has 3 aromatic rings. The lowest BCUT2D eigenvalue weighted by molar-refractivity contribution is 0.0951. The molecule has 0 spiro atoms. The summed E-state index contributed by atoms with van der Waals surface area (Å²) >= 11 is 8.17. The summed E-state index contributed by atoms with van der Waals surface area (Å²) in [5.74, 6) is 2.46. The summed E-state index contributed by atoms with van der Waals surface area (Å²) < 4.78 is 8.20. The maximum Gasteiger partial charge on any atom is 0.228 e. The Morgan fingerprint density at radius 3 is 2.81 bits per heavy atom. The number of piperidine rings is 1. The van der Waals surface area contributed by atoms with Gasteiger partial charge in [-0.2, -0.15) is 0 Å². The van der Waals surface area contributed by atoms with Crippen LogP contribution in [0, 0.1) is 5.92 Å². The molecule has 0 bridgehead atoms. The Balaban J connectivity index is 1.38. The van der Waals surface area contributed by atoms with E-state index in [2.05, 4.69) is 43.7 Å². The van der Waals surface area contributed by atoms with Crippen LogP contribution in [0.2, 0.25) is 5.15 Å². The summed E-state index contributed by atoms with van der Waals surface area (Å²) in [5, 5.41) is 11.8. The molecule has 2 aliphatic rings. The summed E-state index contributed by atoms with van der Waals surface area (Å²) in [6.07, 6.45) is 4.87. The van der Waals surface area contributed by atoms with Crippen molar-refractivity contribution >= 4 is 40.2 Å². The quantitative estimate of drug-likeness (QED) is 0.375. The zero-order valence-electron chi connectivity index (χ0n) is 17.8. The molecule has 2 fully saturated rings. The van der Waals surface area contributed by atoms with Crippen molar-refractivity contribution in [1.82, 2.24) is 19.7 Å². The topological polar surface area (TPSA) is 56.1 Å². The highest BCUT2D eigenvalue weighted by Crippen LogP contribution is 2.31. The van der Waals surface area contributed by atoms with Gasteiger partial charge in [-0.3, -0.25) is 4.57 Å². The van der Waals surface area contributed by atoms with E-state index >= 15 is 0 Å². The Bertz CT molecular complexity index is 1040. The van der Waals surface area contributed by atoms with Gasteiger partial charge in [-0.15, -0.1) is 10.2 Å². The molecule has 4 heterocycles. The van der Waals surface area contributed by atoms with Crippen LogP contribution < -0.4 is 4.90 Å². The van der Waals surface area contributed by atoms with E-state index in [-0.39, 0.29) is 6.10 Å². The van der Waals surface area contributed by atoms with E-state index in [1.807, 2.05) is 18.2 Å². The Morgan fingerprint density at radius 1 is 1.16 bits per heavy atom. The van der Waals surface area contributed by atoms with Crippen LogP contribution in [-0.2, 0) is 17.0 Å². The number of hydrogen-bond acceptors (Lipinski definition) is 6. The normalized spacial score (nSPS) is 20.1. The number of para-hydroxylation sites is 1. The summed E-state index contributed by atoms with van der Waals surface area (Å²) in [5.41, 5.74) is 1.94. The molecule has 1 aromatic carbocycles. The number of fused-ring (bicyclic) bond motifs is 1. The number of aromatic nitrogens is 4. The first-order valence-corrected chi connectivity index (χ1v) is 12.5. The zero-order chi connectivity index (χ0) is 21.2. The van der Waals surface area contributed by atoms with Crippen molar-refractivity contribution in [2.24, 2.45) is 5.92 Å². The van der Waals surface area contributed by atoms with Gasteiger partial charge in [0.2, 0.25) is 5.95 Å². The van der Waals surface area contributed by atoms with Gasteiger partial charge in [0.15, 0.2) is 5.16 Å². The Labute approximate surface area is 192 Å². The van der Waals surface area contributed by atoms with E-state index in [1.165, 1.54) is 12.8 Å². The molecule has 0 amide bonds. The summed E-state index contributed by atoms with van der Waals surface area (Å²) in [6.45, 7) is 6.06. The predicted octanol–water partition coefficient (Wildman–Crippen LogP) is 5.19. The molecule has 1 unspecified atom stereocenters. The van der Waals surface area contributed by atoms with E-state index in [0.717, 1.165) is 72.6 Å². The average molecular weight is 458 g/mol. The number of anilines is 1. The van der Waals surface area contributed by atoms with E-state index in [1.54, 1.807) is 11.8 Å². The van der Waals surface area contributed by atoms with Crippen molar-refractivity contribution in [2.45, 2.75) is 56.2 Å². The molecule has 2 saturated heterocycles. The molecule has 1 atom stereocenters. The first-order valence-electron chi connectivity index (χ1n) is 11.1. The Hall–Kier alpha value is -1.83. The molecular weight excluding hydrogens is 430 g/mol. The van der Waals surface area contributed by atoms with E-state index in [0.29, 0.717) is 10.9 Å². The van der Waals surface area contributed by atoms with Gasteiger partial charge < -0.3 is 9.64 Å². The molecule has 0 aliphatic carbocycles. The smallest absolute Gasteiger partial charge is 0.228 e. The minimum Gasteiger partial charge on any atom is -0.376 e. The number of rotatable bonds is 6. The molecule has 0 radical (unpaired) electrons. The molecule has 0 saturated carbocycles. The number of nitrogens with zero attached hydrogens (tertiary/aromatic N) is 5. The van der Waals surface area contributed by atoms with Gasteiger partial charge in [-0.05, 0) is 43.7 Å². The summed E-state index contributed by atoms with van der Waals surface area (Å²) in [7, 11) is 0. The minimum absolute atomic E-state index is 0.240. The molecule has 8 heteroatoms. The zero-order valence-corrected chi connectivity index (χ0v) is 19.4. The number of halogens is 1. The molecule has 31 heavy (non-hydrogen) atoms. The van der Waals surface area contributed by atoms with E-state index in [4.69, 9.17) is 16.3 Å². The number of pyridine rings is 1. The lowest BCUT2D eigenvalue weighted by Crippen LogP contribution is -2.35. The molecule has 164 valence electrons. The van der Waals surface area contributed by atoms with Crippen LogP contribution in [0.4, 0.5) is 5.95 Å². The van der Waals surface area contributed by atoms with Crippen molar-refractivity contribution in [3.05, 3.63) is 41.0 Å². The van der Waals surface area contributed by atoms with E-state index in [9.17, 15) is 0 Å².